The highest BCUT2D eigenvalue weighted by Gasteiger charge is 2.30. The van der Waals surface area contributed by atoms with Gasteiger partial charge in [-0.1, -0.05) is 11.6 Å². The van der Waals surface area contributed by atoms with Gasteiger partial charge in [-0.05, 0) is 38.2 Å². The Morgan fingerprint density at radius 3 is 2.78 bits per heavy atom. The smallest absolute Gasteiger partial charge is 0.268 e. The van der Waals surface area contributed by atoms with Crippen LogP contribution in [0.1, 0.15) is 48.6 Å². The Kier molecular flexibility index (Phi) is 3.08. The SMILES string of the molecule is NC1CCCC1NC(=O)c1cc(Cl)cn1C1CC1. The number of hydrogen-bond donors (Lipinski definition) is 2. The van der Waals surface area contributed by atoms with Crippen LogP contribution in [-0.4, -0.2) is 22.6 Å². The number of hydrogen-bond acceptors (Lipinski definition) is 2. The minimum Gasteiger partial charge on any atom is -0.346 e. The standard InChI is InChI=1S/C13H18ClN3O/c14-8-6-12(17(7-8)9-4-5-9)13(18)16-11-3-1-2-10(11)15/h6-7,9-11H,1-5,15H2,(H,16,18). The zero-order chi connectivity index (χ0) is 12.7. The maximum Gasteiger partial charge on any atom is 0.268 e. The Morgan fingerprint density at radius 1 is 1.39 bits per heavy atom. The summed E-state index contributed by atoms with van der Waals surface area (Å²) in [5.74, 6) is -0.0452. The lowest BCUT2D eigenvalue weighted by Gasteiger charge is -2.17. The number of nitrogens with one attached hydrogen (secondary N) is 1. The van der Waals surface area contributed by atoms with Crippen molar-refractivity contribution in [2.45, 2.75) is 50.2 Å². The largest absolute Gasteiger partial charge is 0.346 e. The van der Waals surface area contributed by atoms with Crippen LogP contribution in [0, 0.1) is 0 Å². The predicted octanol–water partition coefficient (Wildman–Crippen LogP) is 2.09. The molecule has 1 aromatic heterocycles. The number of rotatable bonds is 3. The molecule has 18 heavy (non-hydrogen) atoms. The van der Waals surface area contributed by atoms with Gasteiger partial charge in [-0.25, -0.2) is 0 Å². The molecule has 3 rings (SSSR count). The number of halogens is 1. The van der Waals surface area contributed by atoms with Gasteiger partial charge in [0.05, 0.1) is 5.02 Å². The van der Waals surface area contributed by atoms with E-state index in [1.54, 1.807) is 6.07 Å². The molecule has 1 amide bonds. The molecule has 0 radical (unpaired) electrons. The van der Waals surface area contributed by atoms with Crippen molar-refractivity contribution in [2.24, 2.45) is 5.73 Å². The van der Waals surface area contributed by atoms with Crippen LogP contribution in [0.4, 0.5) is 0 Å². The second-order valence-electron chi connectivity index (χ2n) is 5.36. The Morgan fingerprint density at radius 2 is 2.17 bits per heavy atom. The molecule has 0 saturated heterocycles. The summed E-state index contributed by atoms with van der Waals surface area (Å²) in [4.78, 5) is 12.3. The van der Waals surface area contributed by atoms with Crippen molar-refractivity contribution in [1.29, 1.82) is 0 Å². The lowest BCUT2D eigenvalue weighted by Crippen LogP contribution is -2.44. The summed E-state index contributed by atoms with van der Waals surface area (Å²) in [6.07, 6.45) is 7.18. The van der Waals surface area contributed by atoms with Gasteiger partial charge in [0.25, 0.3) is 5.91 Å². The van der Waals surface area contributed by atoms with E-state index < -0.39 is 0 Å². The van der Waals surface area contributed by atoms with Crippen LogP contribution in [0.2, 0.25) is 5.02 Å². The normalized spacial score (nSPS) is 27.4. The van der Waals surface area contributed by atoms with Gasteiger partial charge in [-0.3, -0.25) is 4.79 Å². The first-order chi connectivity index (χ1) is 8.65. The molecular formula is C13H18ClN3O. The summed E-state index contributed by atoms with van der Waals surface area (Å²) in [6.45, 7) is 0. The molecule has 0 spiro atoms. The molecule has 98 valence electrons. The minimum absolute atomic E-state index is 0.0452. The fourth-order valence-corrected chi connectivity index (χ4v) is 2.90. The van der Waals surface area contributed by atoms with Gasteiger partial charge in [0, 0.05) is 24.3 Å². The van der Waals surface area contributed by atoms with Gasteiger partial charge >= 0.3 is 0 Å². The number of carbonyl (C=O) groups is 1. The van der Waals surface area contributed by atoms with Crippen molar-refractivity contribution in [3.8, 4) is 0 Å². The van der Waals surface area contributed by atoms with Gasteiger partial charge in [-0.15, -0.1) is 0 Å². The topological polar surface area (TPSA) is 60.0 Å². The lowest BCUT2D eigenvalue weighted by molar-refractivity contribution is 0.0925. The fourth-order valence-electron chi connectivity index (χ4n) is 2.69. The summed E-state index contributed by atoms with van der Waals surface area (Å²) in [5.41, 5.74) is 6.64. The summed E-state index contributed by atoms with van der Waals surface area (Å²) < 4.78 is 2.00. The molecular weight excluding hydrogens is 250 g/mol. The number of aromatic nitrogens is 1. The lowest BCUT2D eigenvalue weighted by atomic mass is 10.2. The van der Waals surface area contributed by atoms with Crippen molar-refractivity contribution >= 4 is 17.5 Å². The molecule has 0 aliphatic heterocycles. The van der Waals surface area contributed by atoms with E-state index in [0.29, 0.717) is 16.8 Å². The molecule has 2 atom stereocenters. The average Bonchev–Trinajstić information content (AvgIpc) is 3.00. The van der Waals surface area contributed by atoms with Crippen molar-refractivity contribution in [3.05, 3.63) is 23.0 Å². The molecule has 4 nitrogen and oxygen atoms in total. The molecule has 2 saturated carbocycles. The van der Waals surface area contributed by atoms with Crippen molar-refractivity contribution < 1.29 is 4.79 Å². The van der Waals surface area contributed by atoms with Crippen LogP contribution in [0.15, 0.2) is 12.3 Å². The maximum atomic E-state index is 12.3. The predicted molar refractivity (Wildman–Crippen MR) is 70.8 cm³/mol. The number of carbonyl (C=O) groups excluding carboxylic acids is 1. The number of nitrogens with zero attached hydrogens (tertiary/aromatic N) is 1. The number of nitrogens with two attached hydrogens (primary N) is 1. The minimum atomic E-state index is -0.0452. The van der Waals surface area contributed by atoms with Crippen molar-refractivity contribution in [3.63, 3.8) is 0 Å². The maximum absolute atomic E-state index is 12.3. The molecule has 2 unspecified atom stereocenters. The van der Waals surface area contributed by atoms with Gasteiger partial charge in [0.1, 0.15) is 5.69 Å². The van der Waals surface area contributed by atoms with E-state index in [1.165, 1.54) is 0 Å². The van der Waals surface area contributed by atoms with E-state index in [-0.39, 0.29) is 18.0 Å². The summed E-state index contributed by atoms with van der Waals surface area (Å²) in [7, 11) is 0. The van der Waals surface area contributed by atoms with Gasteiger partial charge in [0.2, 0.25) is 0 Å². The molecule has 2 aliphatic rings. The van der Waals surface area contributed by atoms with E-state index in [4.69, 9.17) is 17.3 Å². The molecule has 0 bridgehead atoms. The van der Waals surface area contributed by atoms with Crippen LogP contribution < -0.4 is 11.1 Å². The molecule has 1 aromatic rings. The van der Waals surface area contributed by atoms with Crippen LogP contribution in [0.5, 0.6) is 0 Å². The first-order valence-corrected chi connectivity index (χ1v) is 6.97. The molecule has 0 aromatic carbocycles. The van der Waals surface area contributed by atoms with Crippen LogP contribution in [-0.2, 0) is 0 Å². The Hall–Kier alpha value is -1.00. The Bertz CT molecular complexity index is 467. The monoisotopic (exact) mass is 267 g/mol. The van der Waals surface area contributed by atoms with Crippen LogP contribution >= 0.6 is 11.6 Å². The van der Waals surface area contributed by atoms with Gasteiger partial charge in [-0.2, -0.15) is 0 Å². The second-order valence-corrected chi connectivity index (χ2v) is 5.79. The van der Waals surface area contributed by atoms with E-state index in [9.17, 15) is 4.79 Å². The van der Waals surface area contributed by atoms with E-state index >= 15 is 0 Å². The first-order valence-electron chi connectivity index (χ1n) is 6.59. The quantitative estimate of drug-likeness (QED) is 0.881. The van der Waals surface area contributed by atoms with E-state index in [1.807, 2.05) is 10.8 Å². The zero-order valence-electron chi connectivity index (χ0n) is 10.2. The van der Waals surface area contributed by atoms with E-state index in [2.05, 4.69) is 5.32 Å². The summed E-state index contributed by atoms with van der Waals surface area (Å²) in [5, 5.41) is 3.67. The Balaban J connectivity index is 1.75. The molecule has 3 N–H and O–H groups in total. The molecule has 1 heterocycles. The second kappa shape index (κ2) is 4.59. The molecule has 5 heteroatoms. The van der Waals surface area contributed by atoms with Gasteiger partial charge in [0.15, 0.2) is 0 Å². The highest BCUT2D eigenvalue weighted by molar-refractivity contribution is 6.31. The zero-order valence-corrected chi connectivity index (χ0v) is 11.0. The summed E-state index contributed by atoms with van der Waals surface area (Å²) >= 11 is 6.00. The Labute approximate surface area is 111 Å². The van der Waals surface area contributed by atoms with Crippen molar-refractivity contribution in [1.82, 2.24) is 9.88 Å². The third-order valence-corrected chi connectivity index (χ3v) is 4.08. The van der Waals surface area contributed by atoms with Crippen LogP contribution in [0.3, 0.4) is 0 Å². The average molecular weight is 268 g/mol. The highest BCUT2D eigenvalue weighted by Crippen LogP contribution is 2.37. The molecule has 2 fully saturated rings. The summed E-state index contributed by atoms with van der Waals surface area (Å²) in [6, 6.07) is 2.40. The van der Waals surface area contributed by atoms with Crippen molar-refractivity contribution in [2.75, 3.05) is 0 Å². The van der Waals surface area contributed by atoms with Gasteiger partial charge < -0.3 is 15.6 Å². The third-order valence-electron chi connectivity index (χ3n) is 3.87. The number of amides is 1. The van der Waals surface area contributed by atoms with E-state index in [0.717, 1.165) is 32.1 Å². The van der Waals surface area contributed by atoms with Crippen LogP contribution in [0.25, 0.3) is 0 Å². The third kappa shape index (κ3) is 2.27. The molecule has 2 aliphatic carbocycles. The first kappa shape index (κ1) is 12.1. The highest BCUT2D eigenvalue weighted by atomic mass is 35.5. The fraction of sp³-hybridized carbons (Fsp3) is 0.615.